The third kappa shape index (κ3) is 12.1. The standard InChI is InChI=1S/C17H36O12/c1-20-8-25-7-14(27-10-22-3)16(28-11-23-4)17(29-12-24-5)15(19)13(6-18)26-9-21-2/h13-19H,6-12H2,1-5H3/t13-,14+,15-,16-,17+/m1/s1/i8D,9D,10D,11D,12D/t8?,9?,10?,11?,12?,13-,14+,15-,16-,17+. The average molecular weight is 437 g/mol. The van der Waals surface area contributed by atoms with Crippen LogP contribution in [-0.2, 0) is 47.4 Å². The van der Waals surface area contributed by atoms with Gasteiger partial charge in [-0.2, -0.15) is 0 Å². The van der Waals surface area contributed by atoms with Gasteiger partial charge in [-0.1, -0.05) is 0 Å². The molecule has 0 saturated heterocycles. The summed E-state index contributed by atoms with van der Waals surface area (Å²) in [5, 5.41) is 20.7. The molecule has 0 aromatic rings. The van der Waals surface area contributed by atoms with E-state index in [4.69, 9.17) is 49.5 Å². The van der Waals surface area contributed by atoms with Gasteiger partial charge in [-0.3, -0.25) is 0 Å². The molecule has 5 unspecified atom stereocenters. The molecule has 0 spiro atoms. The first-order valence-corrected chi connectivity index (χ1v) is 8.35. The minimum absolute atomic E-state index is 0.492. The molecule has 0 radical (unpaired) electrons. The minimum atomic E-state index is -1.82. The summed E-state index contributed by atoms with van der Waals surface area (Å²) in [6.07, 6.45) is -7.91. The van der Waals surface area contributed by atoms with Crippen LogP contribution in [0.25, 0.3) is 0 Å². The van der Waals surface area contributed by atoms with Crippen molar-refractivity contribution in [2.75, 3.05) is 82.6 Å². The highest BCUT2D eigenvalue weighted by atomic mass is 16.7. The predicted molar refractivity (Wildman–Crippen MR) is 97.9 cm³/mol. The fraction of sp³-hybridized carbons (Fsp3) is 1.00. The monoisotopic (exact) mass is 437 g/mol. The summed E-state index contributed by atoms with van der Waals surface area (Å²) in [6, 6.07) is 0. The molecule has 29 heavy (non-hydrogen) atoms. The summed E-state index contributed by atoms with van der Waals surface area (Å²) >= 11 is 0. The van der Waals surface area contributed by atoms with Crippen molar-refractivity contribution in [2.24, 2.45) is 0 Å². The van der Waals surface area contributed by atoms with Crippen LogP contribution in [0.2, 0.25) is 0 Å². The highest BCUT2D eigenvalue weighted by Crippen LogP contribution is 2.20. The normalized spacial score (nSPS) is 25.0. The van der Waals surface area contributed by atoms with Gasteiger partial charge in [-0.15, -0.1) is 0 Å². The number of aliphatic hydroxyl groups is 2. The summed E-state index contributed by atoms with van der Waals surface area (Å²) in [6.45, 7) is -9.30. The van der Waals surface area contributed by atoms with Gasteiger partial charge < -0.3 is 57.6 Å². The van der Waals surface area contributed by atoms with Gasteiger partial charge in [-0.05, 0) is 0 Å². The molecule has 0 bridgehead atoms. The van der Waals surface area contributed by atoms with Crippen LogP contribution >= 0.6 is 0 Å². The summed E-state index contributed by atoms with van der Waals surface area (Å²) < 4.78 is 89.0. The molecule has 0 heterocycles. The van der Waals surface area contributed by atoms with E-state index in [0.29, 0.717) is 0 Å². The molecule has 12 heteroatoms. The topological polar surface area (TPSA) is 133 Å². The Bertz CT molecular complexity index is 502. The minimum Gasteiger partial charge on any atom is -0.394 e. The lowest BCUT2D eigenvalue weighted by Crippen LogP contribution is -2.55. The third-order valence-electron chi connectivity index (χ3n) is 3.28. The first-order valence-electron chi connectivity index (χ1n) is 11.2. The van der Waals surface area contributed by atoms with Crippen molar-refractivity contribution < 1.29 is 64.4 Å². The van der Waals surface area contributed by atoms with Gasteiger partial charge in [0.2, 0.25) is 0 Å². The lowest BCUT2D eigenvalue weighted by molar-refractivity contribution is -0.251. The van der Waals surface area contributed by atoms with Crippen molar-refractivity contribution >= 4 is 0 Å². The fourth-order valence-electron chi connectivity index (χ4n) is 2.08. The van der Waals surface area contributed by atoms with Crippen molar-refractivity contribution in [1.29, 1.82) is 0 Å². The Morgan fingerprint density at radius 3 is 1.59 bits per heavy atom. The van der Waals surface area contributed by atoms with Gasteiger partial charge in [0.25, 0.3) is 0 Å². The molecule has 0 aromatic carbocycles. The van der Waals surface area contributed by atoms with Crippen LogP contribution in [0.4, 0.5) is 0 Å². The van der Waals surface area contributed by atoms with Crippen LogP contribution in [0.1, 0.15) is 6.85 Å². The maximum atomic E-state index is 11.0. The number of aliphatic hydroxyl groups excluding tert-OH is 2. The molecule has 0 saturated carbocycles. The third-order valence-corrected chi connectivity index (χ3v) is 3.28. The molecule has 0 rings (SSSR count). The molecule has 176 valence electrons. The number of ether oxygens (including phenoxy) is 10. The molecular weight excluding hydrogens is 396 g/mol. The second kappa shape index (κ2) is 19.5. The van der Waals surface area contributed by atoms with Crippen molar-refractivity contribution in [3.63, 3.8) is 0 Å². The summed E-state index contributed by atoms with van der Waals surface area (Å²) in [5.74, 6) is 0. The van der Waals surface area contributed by atoms with Crippen LogP contribution in [0.5, 0.6) is 0 Å². The fourth-order valence-corrected chi connectivity index (χ4v) is 2.08. The second-order valence-electron chi connectivity index (χ2n) is 5.22. The van der Waals surface area contributed by atoms with Gasteiger partial charge in [0, 0.05) is 35.5 Å². The lowest BCUT2D eigenvalue weighted by Gasteiger charge is -2.37. The Balaban J connectivity index is 6.27. The quantitative estimate of drug-likeness (QED) is 0.212. The SMILES string of the molecule is [2H]C(OC)OC[C@H](OC([2H])OC)[C@@H](OC([2H])OC)[C@@H](OC([2H])OC)[C@H](O)[C@@H](CO)OC([2H])OC. The van der Waals surface area contributed by atoms with Crippen molar-refractivity contribution in [3.8, 4) is 0 Å². The zero-order chi connectivity index (χ0) is 26.3. The van der Waals surface area contributed by atoms with Gasteiger partial charge in [-0.25, -0.2) is 0 Å². The van der Waals surface area contributed by atoms with Crippen LogP contribution in [0.3, 0.4) is 0 Å². The highest BCUT2D eigenvalue weighted by Gasteiger charge is 2.41. The van der Waals surface area contributed by atoms with E-state index in [-0.39, 0.29) is 0 Å². The van der Waals surface area contributed by atoms with E-state index in [1.54, 1.807) is 0 Å². The summed E-state index contributed by atoms with van der Waals surface area (Å²) in [7, 11) is 5.86. The van der Waals surface area contributed by atoms with E-state index in [1.807, 2.05) is 0 Å². The van der Waals surface area contributed by atoms with E-state index in [9.17, 15) is 10.2 Å². The van der Waals surface area contributed by atoms with E-state index >= 15 is 0 Å². The maximum Gasteiger partial charge on any atom is 0.146 e. The van der Waals surface area contributed by atoms with Crippen molar-refractivity contribution in [1.82, 2.24) is 0 Å². The largest absolute Gasteiger partial charge is 0.394 e. The zero-order valence-corrected chi connectivity index (χ0v) is 17.2. The molecule has 0 aliphatic carbocycles. The summed E-state index contributed by atoms with van der Waals surface area (Å²) in [4.78, 5) is 0. The molecule has 0 aliphatic rings. The maximum absolute atomic E-state index is 11.0. The highest BCUT2D eigenvalue weighted by molar-refractivity contribution is 4.88. The van der Waals surface area contributed by atoms with E-state index < -0.39 is 77.6 Å². The number of hydrogen-bond donors (Lipinski definition) is 2. The Labute approximate surface area is 178 Å². The lowest BCUT2D eigenvalue weighted by atomic mass is 9.99. The van der Waals surface area contributed by atoms with Crippen molar-refractivity contribution in [2.45, 2.75) is 30.5 Å². The molecular formula is C17H36O12. The number of methoxy groups -OCH3 is 5. The first-order chi connectivity index (χ1) is 16.1. The van der Waals surface area contributed by atoms with Crippen molar-refractivity contribution in [3.05, 3.63) is 0 Å². The Hall–Kier alpha value is -0.480. The van der Waals surface area contributed by atoms with Crippen LogP contribution < -0.4 is 0 Å². The van der Waals surface area contributed by atoms with Gasteiger partial charge in [0.05, 0.1) is 20.1 Å². The van der Waals surface area contributed by atoms with Gasteiger partial charge in [0.1, 0.15) is 64.4 Å². The average Bonchev–Trinajstić information content (AvgIpc) is 2.85. The van der Waals surface area contributed by atoms with E-state index in [1.165, 1.54) is 21.3 Å². The van der Waals surface area contributed by atoms with Gasteiger partial charge >= 0.3 is 0 Å². The van der Waals surface area contributed by atoms with E-state index in [0.717, 1.165) is 14.2 Å². The Morgan fingerprint density at radius 1 is 0.655 bits per heavy atom. The Morgan fingerprint density at radius 2 is 1.10 bits per heavy atom. The molecule has 0 aromatic heterocycles. The summed E-state index contributed by atoms with van der Waals surface area (Å²) in [5.41, 5.74) is 0. The Kier molecular flexibility index (Phi) is 13.7. The first kappa shape index (κ1) is 20.4. The molecule has 0 amide bonds. The predicted octanol–water partition coefficient (Wildman–Crippen LogP) is -1.08. The molecule has 2 N–H and O–H groups in total. The smallest absolute Gasteiger partial charge is 0.146 e. The second-order valence-corrected chi connectivity index (χ2v) is 5.22. The van der Waals surface area contributed by atoms with Gasteiger partial charge in [0.15, 0.2) is 0 Å². The zero-order valence-electron chi connectivity index (χ0n) is 22.2. The number of hydrogen-bond acceptors (Lipinski definition) is 12. The molecule has 0 aliphatic heterocycles. The van der Waals surface area contributed by atoms with Crippen LogP contribution in [0.15, 0.2) is 0 Å². The van der Waals surface area contributed by atoms with Crippen LogP contribution in [0, 0.1) is 0 Å². The number of rotatable bonds is 21. The van der Waals surface area contributed by atoms with Crippen LogP contribution in [-0.4, -0.2) is 123 Å². The molecule has 0 fully saturated rings. The molecule has 12 nitrogen and oxygen atoms in total. The van der Waals surface area contributed by atoms with E-state index in [2.05, 4.69) is 4.74 Å². The molecule has 10 atom stereocenters.